The number of benzene rings is 2. The zero-order valence-corrected chi connectivity index (χ0v) is 14.5. The van der Waals surface area contributed by atoms with Gasteiger partial charge in [-0.15, -0.1) is 0 Å². The fraction of sp³-hybridized carbons (Fsp3) is 0.316. The molecular weight excluding hydrogens is 288 g/mol. The van der Waals surface area contributed by atoms with E-state index in [1.54, 1.807) is 0 Å². The van der Waals surface area contributed by atoms with Crippen LogP contribution >= 0.6 is 12.2 Å². The molecule has 0 unspecified atom stereocenters. The van der Waals surface area contributed by atoms with Crippen LogP contribution < -0.4 is 10.6 Å². The maximum atomic E-state index is 5.44. The van der Waals surface area contributed by atoms with Crippen molar-refractivity contribution in [3.05, 3.63) is 70.8 Å². The zero-order chi connectivity index (χ0) is 16.1. The van der Waals surface area contributed by atoms with E-state index in [9.17, 15) is 0 Å². The maximum absolute atomic E-state index is 5.44. The minimum Gasteiger partial charge on any atom is -0.356 e. The average Bonchev–Trinajstić information content (AvgIpc) is 2.48. The molecular formula is C19H24N2S. The fourth-order valence-corrected chi connectivity index (χ4v) is 2.67. The van der Waals surface area contributed by atoms with Crippen molar-refractivity contribution in [3.8, 4) is 0 Å². The Bertz CT molecular complexity index is 561. The molecule has 0 bridgehead atoms. The molecule has 2 nitrogen and oxygen atoms in total. The molecule has 0 aliphatic carbocycles. The molecule has 0 heterocycles. The Morgan fingerprint density at radius 3 is 1.36 bits per heavy atom. The first-order valence-electron chi connectivity index (χ1n) is 7.66. The second-order valence-corrected chi connectivity index (χ2v) is 6.29. The van der Waals surface area contributed by atoms with Gasteiger partial charge in [0.25, 0.3) is 0 Å². The van der Waals surface area contributed by atoms with Crippen LogP contribution in [0, 0.1) is 13.8 Å². The van der Waals surface area contributed by atoms with E-state index in [-0.39, 0.29) is 12.1 Å². The summed E-state index contributed by atoms with van der Waals surface area (Å²) in [7, 11) is 0. The first kappa shape index (κ1) is 16.5. The molecule has 0 aliphatic heterocycles. The van der Waals surface area contributed by atoms with Gasteiger partial charge in [-0.25, -0.2) is 0 Å². The van der Waals surface area contributed by atoms with E-state index >= 15 is 0 Å². The highest BCUT2D eigenvalue weighted by molar-refractivity contribution is 7.80. The minimum absolute atomic E-state index is 0.186. The molecule has 0 amide bonds. The summed E-state index contributed by atoms with van der Waals surface area (Å²) < 4.78 is 0. The molecule has 2 rings (SSSR count). The van der Waals surface area contributed by atoms with Gasteiger partial charge in [0, 0.05) is 0 Å². The second-order valence-electron chi connectivity index (χ2n) is 5.88. The van der Waals surface area contributed by atoms with E-state index in [4.69, 9.17) is 12.2 Å². The van der Waals surface area contributed by atoms with Crippen LogP contribution in [0.15, 0.2) is 48.5 Å². The van der Waals surface area contributed by atoms with Crippen molar-refractivity contribution in [2.45, 2.75) is 39.8 Å². The number of hydrogen-bond donors (Lipinski definition) is 2. The monoisotopic (exact) mass is 312 g/mol. The van der Waals surface area contributed by atoms with Crippen LogP contribution in [0.5, 0.6) is 0 Å². The molecule has 0 fully saturated rings. The highest BCUT2D eigenvalue weighted by Gasteiger charge is 2.10. The van der Waals surface area contributed by atoms with E-state index in [1.807, 2.05) is 0 Å². The Kier molecular flexibility index (Phi) is 5.56. The number of hydrogen-bond acceptors (Lipinski definition) is 1. The first-order chi connectivity index (χ1) is 10.5. The van der Waals surface area contributed by atoms with Crippen LogP contribution in [0.1, 0.15) is 48.2 Å². The van der Waals surface area contributed by atoms with Gasteiger partial charge in [-0.1, -0.05) is 59.7 Å². The summed E-state index contributed by atoms with van der Waals surface area (Å²) in [4.78, 5) is 0. The number of aryl methyl sites for hydroxylation is 2. The van der Waals surface area contributed by atoms with Crippen molar-refractivity contribution in [1.29, 1.82) is 0 Å². The highest BCUT2D eigenvalue weighted by Crippen LogP contribution is 2.15. The van der Waals surface area contributed by atoms with Gasteiger partial charge < -0.3 is 10.6 Å². The van der Waals surface area contributed by atoms with Gasteiger partial charge in [0.15, 0.2) is 5.11 Å². The highest BCUT2D eigenvalue weighted by atomic mass is 32.1. The van der Waals surface area contributed by atoms with Gasteiger partial charge in [0.1, 0.15) is 0 Å². The van der Waals surface area contributed by atoms with E-state index in [1.165, 1.54) is 22.3 Å². The van der Waals surface area contributed by atoms with Crippen LogP contribution in [0.25, 0.3) is 0 Å². The largest absolute Gasteiger partial charge is 0.356 e. The second kappa shape index (κ2) is 7.41. The molecule has 0 radical (unpaired) electrons. The molecule has 0 aromatic heterocycles. The van der Waals surface area contributed by atoms with Crippen molar-refractivity contribution < 1.29 is 0 Å². The van der Waals surface area contributed by atoms with Gasteiger partial charge in [-0.05, 0) is 51.0 Å². The molecule has 3 heteroatoms. The van der Waals surface area contributed by atoms with E-state index < -0.39 is 0 Å². The predicted octanol–water partition coefficient (Wildman–Crippen LogP) is 4.59. The summed E-state index contributed by atoms with van der Waals surface area (Å²) in [6, 6.07) is 17.4. The molecule has 0 saturated carbocycles. The van der Waals surface area contributed by atoms with Crippen molar-refractivity contribution in [2.75, 3.05) is 0 Å². The molecule has 2 N–H and O–H groups in total. The number of rotatable bonds is 4. The summed E-state index contributed by atoms with van der Waals surface area (Å²) in [6.07, 6.45) is 0. The molecule has 0 aliphatic rings. The molecule has 2 aromatic carbocycles. The van der Waals surface area contributed by atoms with Crippen molar-refractivity contribution in [1.82, 2.24) is 10.6 Å². The Labute approximate surface area is 139 Å². The summed E-state index contributed by atoms with van der Waals surface area (Å²) in [5, 5.41) is 7.38. The SMILES string of the molecule is Cc1ccc([C@H](C)NC(=S)N[C@@H](C)c2ccc(C)cc2)cc1. The lowest BCUT2D eigenvalue weighted by Gasteiger charge is -2.21. The van der Waals surface area contributed by atoms with Crippen molar-refractivity contribution in [3.63, 3.8) is 0 Å². The molecule has 0 saturated heterocycles. The summed E-state index contributed by atoms with van der Waals surface area (Å²) in [5.41, 5.74) is 5.00. The first-order valence-corrected chi connectivity index (χ1v) is 8.06. The third kappa shape index (κ3) is 4.57. The van der Waals surface area contributed by atoms with E-state index in [0.717, 1.165) is 0 Å². The van der Waals surface area contributed by atoms with Gasteiger partial charge >= 0.3 is 0 Å². The lowest BCUT2D eigenvalue weighted by Crippen LogP contribution is -2.38. The van der Waals surface area contributed by atoms with Gasteiger partial charge in [-0.2, -0.15) is 0 Å². The fourth-order valence-electron chi connectivity index (χ4n) is 2.31. The molecule has 0 spiro atoms. The van der Waals surface area contributed by atoms with Crippen LogP contribution in [0.3, 0.4) is 0 Å². The molecule has 2 aromatic rings. The van der Waals surface area contributed by atoms with Gasteiger partial charge in [0.05, 0.1) is 12.1 Å². The van der Waals surface area contributed by atoms with Crippen LogP contribution in [-0.4, -0.2) is 5.11 Å². The topological polar surface area (TPSA) is 24.1 Å². The Balaban J connectivity index is 1.91. The van der Waals surface area contributed by atoms with Crippen LogP contribution in [0.4, 0.5) is 0 Å². The van der Waals surface area contributed by atoms with E-state index in [0.29, 0.717) is 5.11 Å². The van der Waals surface area contributed by atoms with Gasteiger partial charge in [0.2, 0.25) is 0 Å². The maximum Gasteiger partial charge on any atom is 0.167 e. The van der Waals surface area contributed by atoms with Crippen LogP contribution in [0.2, 0.25) is 0 Å². The molecule has 2 atom stereocenters. The Morgan fingerprint density at radius 1 is 0.727 bits per heavy atom. The lowest BCUT2D eigenvalue weighted by molar-refractivity contribution is 0.655. The Hall–Kier alpha value is -1.87. The quantitative estimate of drug-likeness (QED) is 0.808. The summed E-state index contributed by atoms with van der Waals surface area (Å²) in [5.74, 6) is 0. The minimum atomic E-state index is 0.186. The van der Waals surface area contributed by atoms with E-state index in [2.05, 4.69) is 86.9 Å². The number of thiocarbonyl (C=S) groups is 1. The summed E-state index contributed by atoms with van der Waals surface area (Å²) in [6.45, 7) is 8.43. The zero-order valence-electron chi connectivity index (χ0n) is 13.7. The average molecular weight is 312 g/mol. The molecule has 22 heavy (non-hydrogen) atoms. The summed E-state index contributed by atoms with van der Waals surface area (Å²) >= 11 is 5.44. The lowest BCUT2D eigenvalue weighted by atomic mass is 10.1. The normalized spacial score (nSPS) is 13.3. The Morgan fingerprint density at radius 2 is 1.05 bits per heavy atom. The van der Waals surface area contributed by atoms with Crippen molar-refractivity contribution in [2.24, 2.45) is 0 Å². The van der Waals surface area contributed by atoms with Crippen molar-refractivity contribution >= 4 is 17.3 Å². The standard InChI is InChI=1S/C19H24N2S/c1-13-5-9-17(10-6-13)15(3)20-19(22)21-16(4)18-11-7-14(2)8-12-18/h5-12,15-16H,1-4H3,(H2,20,21,22)/t15-,16-/m0/s1. The van der Waals surface area contributed by atoms with Gasteiger partial charge in [-0.3, -0.25) is 0 Å². The van der Waals surface area contributed by atoms with Crippen LogP contribution in [-0.2, 0) is 0 Å². The third-order valence-electron chi connectivity index (χ3n) is 3.85. The number of nitrogens with one attached hydrogen (secondary N) is 2. The predicted molar refractivity (Wildman–Crippen MR) is 98.1 cm³/mol. The smallest absolute Gasteiger partial charge is 0.167 e. The molecule has 116 valence electrons. The third-order valence-corrected chi connectivity index (χ3v) is 4.09.